The van der Waals surface area contributed by atoms with E-state index in [-0.39, 0.29) is 18.6 Å². The largest absolute Gasteiger partial charge is 0.479 e. The zero-order valence-electron chi connectivity index (χ0n) is 14.3. The highest BCUT2D eigenvalue weighted by molar-refractivity contribution is 5.99. The monoisotopic (exact) mass is 349 g/mol. The summed E-state index contributed by atoms with van der Waals surface area (Å²) in [6.07, 6.45) is 0.549. The summed E-state index contributed by atoms with van der Waals surface area (Å²) in [4.78, 5) is 23.6. The van der Waals surface area contributed by atoms with Crippen LogP contribution in [0.15, 0.2) is 18.2 Å². The van der Waals surface area contributed by atoms with E-state index in [1.807, 2.05) is 6.92 Å². The topological polar surface area (TPSA) is 109 Å². The number of carbonyl (C=O) groups excluding carboxylic acids is 2. The third-order valence-corrected chi connectivity index (χ3v) is 4.36. The van der Waals surface area contributed by atoms with Crippen molar-refractivity contribution in [3.05, 3.63) is 18.2 Å². The van der Waals surface area contributed by atoms with Crippen LogP contribution in [0.5, 0.6) is 5.75 Å². The van der Waals surface area contributed by atoms with Crippen LogP contribution in [0.25, 0.3) is 0 Å². The van der Waals surface area contributed by atoms with Crippen LogP contribution in [0.1, 0.15) is 26.7 Å². The minimum absolute atomic E-state index is 0.0616. The molecule has 1 saturated carbocycles. The van der Waals surface area contributed by atoms with Gasteiger partial charge in [0, 0.05) is 31.7 Å². The van der Waals surface area contributed by atoms with Gasteiger partial charge in [0.2, 0.25) is 0 Å². The van der Waals surface area contributed by atoms with Crippen molar-refractivity contribution in [3.8, 4) is 5.75 Å². The Bertz CT molecular complexity index is 672. The van der Waals surface area contributed by atoms with E-state index < -0.39 is 17.7 Å². The molecule has 0 bridgehead atoms. The Morgan fingerprint density at radius 1 is 1.48 bits per heavy atom. The lowest BCUT2D eigenvalue weighted by Crippen LogP contribution is -2.55. The van der Waals surface area contributed by atoms with E-state index in [0.717, 1.165) is 0 Å². The first-order valence-corrected chi connectivity index (χ1v) is 8.39. The molecule has 1 aliphatic heterocycles. The summed E-state index contributed by atoms with van der Waals surface area (Å²) < 4.78 is 10.9. The van der Waals surface area contributed by atoms with Crippen LogP contribution in [0, 0.1) is 0 Å². The molecule has 1 aromatic carbocycles. The molecule has 3 amide bonds. The van der Waals surface area contributed by atoms with E-state index in [0.29, 0.717) is 36.6 Å². The Kier molecular flexibility index (Phi) is 4.82. The zero-order chi connectivity index (χ0) is 18.0. The number of carbonyl (C=O) groups is 2. The molecule has 0 unspecified atom stereocenters. The van der Waals surface area contributed by atoms with Gasteiger partial charge < -0.3 is 30.5 Å². The van der Waals surface area contributed by atoms with Crippen LogP contribution >= 0.6 is 0 Å². The maximum Gasteiger partial charge on any atom is 0.319 e. The second kappa shape index (κ2) is 6.89. The molecule has 0 radical (unpaired) electrons. The minimum Gasteiger partial charge on any atom is -0.479 e. The smallest absolute Gasteiger partial charge is 0.319 e. The van der Waals surface area contributed by atoms with Gasteiger partial charge >= 0.3 is 6.03 Å². The molecule has 1 aromatic rings. The fraction of sp³-hybridized carbons (Fsp3) is 0.529. The summed E-state index contributed by atoms with van der Waals surface area (Å²) in [5.41, 5.74) is 0.117. The fourth-order valence-electron chi connectivity index (χ4n) is 2.99. The maximum absolute atomic E-state index is 12.0. The second-order valence-corrected chi connectivity index (χ2v) is 6.48. The number of hydrogen-bond acceptors (Lipinski definition) is 5. The van der Waals surface area contributed by atoms with Gasteiger partial charge in [0.25, 0.3) is 5.91 Å². The van der Waals surface area contributed by atoms with Crippen molar-refractivity contribution >= 4 is 23.3 Å². The number of nitrogens with one attached hydrogen (secondary N) is 3. The fourth-order valence-corrected chi connectivity index (χ4v) is 2.99. The molecule has 3 rings (SSSR count). The number of benzene rings is 1. The van der Waals surface area contributed by atoms with Gasteiger partial charge in [-0.3, -0.25) is 4.79 Å². The van der Waals surface area contributed by atoms with Crippen molar-refractivity contribution < 1.29 is 24.2 Å². The number of anilines is 2. The highest BCUT2D eigenvalue weighted by atomic mass is 16.5. The van der Waals surface area contributed by atoms with Crippen molar-refractivity contribution in [3.63, 3.8) is 0 Å². The van der Waals surface area contributed by atoms with Crippen LogP contribution in [-0.2, 0) is 9.53 Å². The predicted octanol–water partition coefficient (Wildman–Crippen LogP) is 1.46. The molecule has 0 aromatic heterocycles. The average molecular weight is 349 g/mol. The highest BCUT2D eigenvalue weighted by Gasteiger charge is 2.43. The maximum atomic E-state index is 12.0. The molecule has 0 spiro atoms. The van der Waals surface area contributed by atoms with E-state index >= 15 is 0 Å². The molecule has 0 saturated heterocycles. The van der Waals surface area contributed by atoms with Gasteiger partial charge in [-0.15, -0.1) is 0 Å². The van der Waals surface area contributed by atoms with Crippen LogP contribution in [-0.4, -0.2) is 48.0 Å². The molecular weight excluding hydrogens is 326 g/mol. The quantitative estimate of drug-likeness (QED) is 0.643. The van der Waals surface area contributed by atoms with Crippen molar-refractivity contribution in [2.75, 3.05) is 23.8 Å². The van der Waals surface area contributed by atoms with E-state index in [1.54, 1.807) is 25.1 Å². The standard InChI is InChI=1S/C17H23N3O5/c1-3-24-12-7-17(23,8-12)9-18-16(22)19-11-4-5-14-13(6-11)20-15(21)10(2)25-14/h4-6,10,12,23H,3,7-9H2,1-2H3,(H,20,21)(H2,18,19,22)/t10-,12?,17?/m0/s1. The Morgan fingerprint density at radius 2 is 2.24 bits per heavy atom. The molecule has 4 N–H and O–H groups in total. The summed E-state index contributed by atoms with van der Waals surface area (Å²) in [7, 11) is 0. The van der Waals surface area contributed by atoms with E-state index in [2.05, 4.69) is 16.0 Å². The average Bonchev–Trinajstić information content (AvgIpc) is 2.53. The number of rotatable bonds is 5. The summed E-state index contributed by atoms with van der Waals surface area (Å²) >= 11 is 0. The van der Waals surface area contributed by atoms with Gasteiger partial charge in [-0.2, -0.15) is 0 Å². The summed E-state index contributed by atoms with van der Waals surface area (Å²) in [6.45, 7) is 4.35. The Hall–Kier alpha value is -2.32. The number of fused-ring (bicyclic) bond motifs is 1. The lowest BCUT2D eigenvalue weighted by Gasteiger charge is -2.43. The second-order valence-electron chi connectivity index (χ2n) is 6.48. The number of ether oxygens (including phenoxy) is 2. The number of hydrogen-bond donors (Lipinski definition) is 4. The summed E-state index contributed by atoms with van der Waals surface area (Å²) in [5, 5.41) is 18.3. The van der Waals surface area contributed by atoms with Crippen LogP contribution in [0.4, 0.5) is 16.2 Å². The lowest BCUT2D eigenvalue weighted by atomic mass is 9.77. The van der Waals surface area contributed by atoms with Crippen molar-refractivity contribution in [1.82, 2.24) is 5.32 Å². The molecular formula is C17H23N3O5. The molecule has 136 valence electrons. The van der Waals surface area contributed by atoms with Gasteiger partial charge in [0.05, 0.1) is 17.4 Å². The third kappa shape index (κ3) is 4.02. The number of urea groups is 1. The first kappa shape index (κ1) is 17.5. The van der Waals surface area contributed by atoms with Gasteiger partial charge in [-0.05, 0) is 32.0 Å². The van der Waals surface area contributed by atoms with E-state index in [4.69, 9.17) is 9.47 Å². The molecule has 1 heterocycles. The SMILES string of the molecule is CCOC1CC(O)(CNC(=O)Nc2ccc3c(c2)NC(=O)[C@H](C)O3)C1. The van der Waals surface area contributed by atoms with Crippen molar-refractivity contribution in [2.45, 2.75) is 44.5 Å². The number of aliphatic hydroxyl groups is 1. The number of amides is 3. The Labute approximate surface area is 145 Å². The van der Waals surface area contributed by atoms with Crippen LogP contribution < -0.4 is 20.7 Å². The minimum atomic E-state index is -0.912. The molecule has 25 heavy (non-hydrogen) atoms. The van der Waals surface area contributed by atoms with Gasteiger partial charge in [-0.25, -0.2) is 4.79 Å². The highest BCUT2D eigenvalue weighted by Crippen LogP contribution is 2.34. The summed E-state index contributed by atoms with van der Waals surface area (Å²) in [6, 6.07) is 4.57. The van der Waals surface area contributed by atoms with Crippen molar-refractivity contribution in [1.29, 1.82) is 0 Å². The van der Waals surface area contributed by atoms with E-state index in [9.17, 15) is 14.7 Å². The van der Waals surface area contributed by atoms with Crippen LogP contribution in [0.3, 0.4) is 0 Å². The lowest BCUT2D eigenvalue weighted by molar-refractivity contribution is -0.133. The first-order valence-electron chi connectivity index (χ1n) is 8.39. The molecule has 2 aliphatic rings. The Balaban J connectivity index is 1.50. The van der Waals surface area contributed by atoms with Gasteiger partial charge in [0.15, 0.2) is 6.10 Å². The summed E-state index contributed by atoms with van der Waals surface area (Å²) in [5.74, 6) is 0.328. The Morgan fingerprint density at radius 3 is 2.96 bits per heavy atom. The van der Waals surface area contributed by atoms with Gasteiger partial charge in [0.1, 0.15) is 5.75 Å². The predicted molar refractivity (Wildman–Crippen MR) is 91.8 cm³/mol. The van der Waals surface area contributed by atoms with Gasteiger partial charge in [-0.1, -0.05) is 0 Å². The first-order chi connectivity index (χ1) is 11.9. The molecule has 1 atom stereocenters. The molecule has 1 fully saturated rings. The normalized spacial score (nSPS) is 27.4. The van der Waals surface area contributed by atoms with Crippen molar-refractivity contribution in [2.24, 2.45) is 0 Å². The van der Waals surface area contributed by atoms with E-state index in [1.165, 1.54) is 0 Å². The third-order valence-electron chi connectivity index (χ3n) is 4.36. The zero-order valence-corrected chi connectivity index (χ0v) is 14.3. The molecule has 8 nitrogen and oxygen atoms in total. The van der Waals surface area contributed by atoms with Crippen LogP contribution in [0.2, 0.25) is 0 Å². The molecule has 8 heteroatoms. The molecule has 1 aliphatic carbocycles.